The van der Waals surface area contributed by atoms with Gasteiger partial charge in [-0.05, 0) is 42.8 Å². The third-order valence-corrected chi connectivity index (χ3v) is 8.42. The number of benzene rings is 2. The summed E-state index contributed by atoms with van der Waals surface area (Å²) in [6.45, 7) is 10.9. The van der Waals surface area contributed by atoms with Gasteiger partial charge in [-0.3, -0.25) is 9.59 Å². The number of aromatic nitrogens is 1. The highest BCUT2D eigenvalue weighted by atomic mass is 32.2. The molecule has 0 fully saturated rings. The van der Waals surface area contributed by atoms with Crippen LogP contribution in [0.5, 0.6) is 11.5 Å². The Hall–Kier alpha value is -3.63. The Morgan fingerprint density at radius 2 is 1.84 bits per heavy atom. The number of carbonyl (C=O) groups is 1. The minimum absolute atomic E-state index is 0.00755. The van der Waals surface area contributed by atoms with Gasteiger partial charge in [0, 0.05) is 31.2 Å². The molecule has 0 aliphatic carbocycles. The van der Waals surface area contributed by atoms with Crippen LogP contribution in [-0.4, -0.2) is 49.5 Å². The van der Waals surface area contributed by atoms with Crippen molar-refractivity contribution in [3.05, 3.63) is 76.6 Å². The van der Waals surface area contributed by atoms with Gasteiger partial charge < -0.3 is 19.4 Å². The Kier molecular flexibility index (Phi) is 7.70. The summed E-state index contributed by atoms with van der Waals surface area (Å²) < 4.78 is 40.4. The molecule has 37 heavy (non-hydrogen) atoms. The Morgan fingerprint density at radius 1 is 1.14 bits per heavy atom. The average Bonchev–Trinajstić information content (AvgIpc) is 2.90. The van der Waals surface area contributed by atoms with E-state index in [2.05, 4.69) is 11.9 Å². The lowest BCUT2D eigenvalue weighted by atomic mass is 10.1. The van der Waals surface area contributed by atoms with Crippen LogP contribution in [-0.2, 0) is 16.6 Å². The van der Waals surface area contributed by atoms with E-state index >= 15 is 0 Å². The van der Waals surface area contributed by atoms with E-state index in [9.17, 15) is 18.0 Å². The number of carbonyl (C=O) groups excluding carboxylic acids is 1. The minimum Gasteiger partial charge on any atom is -0.486 e. The first-order chi connectivity index (χ1) is 17.7. The molecule has 1 aliphatic heterocycles. The summed E-state index contributed by atoms with van der Waals surface area (Å²) in [7, 11) is -3.79. The number of allylic oxidation sites excluding steroid dienone is 1. The number of nitrogens with one attached hydrogen (secondary N) is 1. The maximum atomic E-state index is 13.5. The largest absolute Gasteiger partial charge is 0.486 e. The second-order valence-electron chi connectivity index (χ2n) is 8.68. The van der Waals surface area contributed by atoms with Crippen molar-refractivity contribution in [2.24, 2.45) is 0 Å². The van der Waals surface area contributed by atoms with Gasteiger partial charge in [-0.15, -0.1) is 6.58 Å². The van der Waals surface area contributed by atoms with Crippen LogP contribution in [0.3, 0.4) is 0 Å². The second kappa shape index (κ2) is 10.8. The van der Waals surface area contributed by atoms with Gasteiger partial charge in [-0.2, -0.15) is 4.31 Å². The molecule has 0 spiro atoms. The summed E-state index contributed by atoms with van der Waals surface area (Å²) in [6, 6.07) is 9.43. The molecule has 10 heteroatoms. The van der Waals surface area contributed by atoms with Crippen molar-refractivity contribution >= 4 is 26.8 Å². The van der Waals surface area contributed by atoms with E-state index in [4.69, 9.17) is 9.47 Å². The van der Waals surface area contributed by atoms with Gasteiger partial charge in [0.05, 0.1) is 16.5 Å². The first-order valence-electron chi connectivity index (χ1n) is 12.2. The summed E-state index contributed by atoms with van der Waals surface area (Å²) in [6.07, 6.45) is 3.13. The van der Waals surface area contributed by atoms with Crippen molar-refractivity contribution in [1.29, 1.82) is 0 Å². The van der Waals surface area contributed by atoms with Crippen molar-refractivity contribution < 1.29 is 22.7 Å². The number of pyridine rings is 1. The van der Waals surface area contributed by atoms with Crippen molar-refractivity contribution in [3.63, 3.8) is 0 Å². The van der Waals surface area contributed by atoms with E-state index in [0.29, 0.717) is 49.9 Å². The number of hydrogen-bond donors (Lipinski definition) is 1. The van der Waals surface area contributed by atoms with E-state index in [1.54, 1.807) is 49.6 Å². The molecule has 4 rings (SSSR count). The zero-order chi connectivity index (χ0) is 26.7. The van der Waals surface area contributed by atoms with Crippen LogP contribution in [0.2, 0.25) is 0 Å². The van der Waals surface area contributed by atoms with Crippen LogP contribution in [0.25, 0.3) is 10.9 Å². The topological polar surface area (TPSA) is 107 Å². The quantitative estimate of drug-likeness (QED) is 0.429. The Balaban J connectivity index is 1.73. The number of fused-ring (bicyclic) bond motifs is 2. The minimum atomic E-state index is -3.79. The SMILES string of the molecule is C=CCn1cc(C(=O)N[C@H](C)c2ccc3c(c2)OCCO3)c(=O)c2cc(S(=O)(=O)N(CC)CC)ccc21. The first kappa shape index (κ1) is 26.4. The fraction of sp³-hybridized carbons (Fsp3) is 0.333. The van der Waals surface area contributed by atoms with Gasteiger partial charge in [0.2, 0.25) is 15.5 Å². The van der Waals surface area contributed by atoms with Crippen LogP contribution >= 0.6 is 0 Å². The molecule has 3 aromatic rings. The lowest BCUT2D eigenvalue weighted by Crippen LogP contribution is -2.32. The van der Waals surface area contributed by atoms with E-state index in [1.165, 1.54) is 22.6 Å². The zero-order valence-corrected chi connectivity index (χ0v) is 22.0. The molecular weight excluding hydrogens is 494 g/mol. The number of nitrogens with zero attached hydrogens (tertiary/aromatic N) is 2. The van der Waals surface area contributed by atoms with Gasteiger partial charge in [-0.25, -0.2) is 8.42 Å². The molecule has 2 aromatic carbocycles. The van der Waals surface area contributed by atoms with Crippen molar-refractivity contribution in [2.75, 3.05) is 26.3 Å². The highest BCUT2D eigenvalue weighted by molar-refractivity contribution is 7.89. The molecule has 0 radical (unpaired) electrons. The lowest BCUT2D eigenvalue weighted by molar-refractivity contribution is 0.0938. The maximum absolute atomic E-state index is 13.5. The molecule has 0 unspecified atom stereocenters. The molecule has 0 saturated heterocycles. The van der Waals surface area contributed by atoms with Crippen molar-refractivity contribution in [2.45, 2.75) is 38.3 Å². The first-order valence-corrected chi connectivity index (χ1v) is 13.6. The number of sulfonamides is 1. The van der Waals surface area contributed by atoms with E-state index in [1.807, 2.05) is 6.07 Å². The Labute approximate surface area is 216 Å². The molecular formula is C27H31N3O6S. The van der Waals surface area contributed by atoms with Gasteiger partial charge >= 0.3 is 0 Å². The molecule has 1 amide bonds. The van der Waals surface area contributed by atoms with E-state index in [-0.39, 0.29) is 15.8 Å². The molecule has 1 N–H and O–H groups in total. The number of rotatable bonds is 9. The monoisotopic (exact) mass is 525 g/mol. The predicted octanol–water partition coefficient (Wildman–Crippen LogP) is 3.48. The summed E-state index contributed by atoms with van der Waals surface area (Å²) in [5.41, 5.74) is 0.673. The molecule has 9 nitrogen and oxygen atoms in total. The maximum Gasteiger partial charge on any atom is 0.257 e. The highest BCUT2D eigenvalue weighted by Gasteiger charge is 2.24. The predicted molar refractivity (Wildman–Crippen MR) is 142 cm³/mol. The average molecular weight is 526 g/mol. The van der Waals surface area contributed by atoms with Gasteiger partial charge in [0.25, 0.3) is 5.91 Å². The third-order valence-electron chi connectivity index (χ3n) is 6.38. The fourth-order valence-electron chi connectivity index (χ4n) is 4.39. The third kappa shape index (κ3) is 5.12. The molecule has 0 bridgehead atoms. The summed E-state index contributed by atoms with van der Waals surface area (Å²) in [5, 5.41) is 3.02. The van der Waals surface area contributed by atoms with Crippen LogP contribution < -0.4 is 20.2 Å². The van der Waals surface area contributed by atoms with Crippen LogP contribution in [0.1, 0.15) is 42.7 Å². The lowest BCUT2D eigenvalue weighted by Gasteiger charge is -2.21. The molecule has 1 atom stereocenters. The molecule has 0 saturated carbocycles. The van der Waals surface area contributed by atoms with Crippen molar-refractivity contribution in [3.8, 4) is 11.5 Å². The smallest absolute Gasteiger partial charge is 0.257 e. The summed E-state index contributed by atoms with van der Waals surface area (Å²) >= 11 is 0. The molecule has 196 valence electrons. The second-order valence-corrected chi connectivity index (χ2v) is 10.6. The normalized spacial score (nSPS) is 13.9. The van der Waals surface area contributed by atoms with Gasteiger partial charge in [0.1, 0.15) is 18.8 Å². The van der Waals surface area contributed by atoms with Crippen molar-refractivity contribution in [1.82, 2.24) is 14.2 Å². The summed E-state index contributed by atoms with van der Waals surface area (Å²) in [5.74, 6) is 0.681. The van der Waals surface area contributed by atoms with Crippen LogP contribution in [0.4, 0.5) is 0 Å². The van der Waals surface area contributed by atoms with Crippen LogP contribution in [0, 0.1) is 0 Å². The van der Waals surface area contributed by atoms with Gasteiger partial charge in [0.15, 0.2) is 11.5 Å². The number of ether oxygens (including phenoxy) is 2. The molecule has 1 aromatic heterocycles. The van der Waals surface area contributed by atoms with E-state index < -0.39 is 27.4 Å². The highest BCUT2D eigenvalue weighted by Crippen LogP contribution is 2.32. The molecule has 2 heterocycles. The van der Waals surface area contributed by atoms with Gasteiger partial charge in [-0.1, -0.05) is 26.0 Å². The fourth-order valence-corrected chi connectivity index (χ4v) is 5.87. The Bertz CT molecular complexity index is 1510. The number of amides is 1. The zero-order valence-electron chi connectivity index (χ0n) is 21.2. The van der Waals surface area contributed by atoms with E-state index in [0.717, 1.165) is 5.56 Å². The van der Waals surface area contributed by atoms with Crippen LogP contribution in [0.15, 0.2) is 64.9 Å². The number of hydrogen-bond acceptors (Lipinski definition) is 6. The molecule has 1 aliphatic rings. The Morgan fingerprint density at radius 3 is 2.51 bits per heavy atom. The summed E-state index contributed by atoms with van der Waals surface area (Å²) in [4.78, 5) is 26.8. The standard InChI is InChI=1S/C27H31N3O6S/c1-5-12-29-17-22(27(32)28-18(4)19-8-11-24-25(15-19)36-14-13-35-24)26(31)21-16-20(9-10-23(21)29)37(33,34)30(6-2)7-3/h5,8-11,15-18H,1,6-7,12-14H2,2-4H3,(H,28,32)/t18-/m1/s1.